The zero-order valence-electron chi connectivity index (χ0n) is 26.1. The highest BCUT2D eigenvalue weighted by Gasteiger charge is 2.87. The molecule has 1 saturated heterocycles. The number of benzene rings is 1. The van der Waals surface area contributed by atoms with Crippen molar-refractivity contribution in [3.05, 3.63) is 54.5 Å². The highest BCUT2D eigenvalue weighted by atomic mass is 31.2. The number of rotatable bonds is 9. The second-order valence-corrected chi connectivity index (χ2v) is 15.3. The number of nitrogen functional groups attached to an aromatic ring is 1. The number of ether oxygens (including phenoxy) is 2. The summed E-state index contributed by atoms with van der Waals surface area (Å²) in [4.78, 5) is 17.1. The van der Waals surface area contributed by atoms with Crippen LogP contribution in [0.5, 0.6) is 5.75 Å². The van der Waals surface area contributed by atoms with Crippen LogP contribution in [0, 0.1) is 11.3 Å². The standard InChI is InChI=1S/C31H42N5O8P/c1-18(27(38)41-20-13-11-19(12-14-20)29(2,3)4)35-45(40,43-21-9-7-6-8-10-21)44-28-30(5)31(28,39)25(37)24(42-30)22-15-16-23-26(32)33-17-34-36(22)23/h6-10,15-20,24-25,28,37,39H,11-14H2,1-5H3,(H,35,40)(H2,32,33,34)/t18-,19?,20?,24-,25-,28?,30+,31+,45-/m0/s1. The third-order valence-electron chi connectivity index (χ3n) is 9.62. The number of carbonyl (C=O) groups excluding carboxylic acids is 1. The number of aliphatic hydroxyl groups excluding tert-OH is 1. The SMILES string of the molecule is C[C@H](N[P@](=O)(Oc1ccccc1)OC1[C@@]2(C)O[C@@H](c3ccc4c(N)ncnn34)[C@H](O)[C@@]12O)C(=O)OC1CCC(C(C)(C)C)CC1. The van der Waals surface area contributed by atoms with E-state index in [1.165, 1.54) is 17.8 Å². The molecule has 3 aliphatic rings. The molecule has 6 rings (SSSR count). The van der Waals surface area contributed by atoms with E-state index in [-0.39, 0.29) is 23.1 Å². The van der Waals surface area contributed by atoms with Gasteiger partial charge in [-0.15, -0.1) is 0 Å². The summed E-state index contributed by atoms with van der Waals surface area (Å²) in [6, 6.07) is 10.6. The van der Waals surface area contributed by atoms with Crippen LogP contribution < -0.4 is 15.3 Å². The van der Waals surface area contributed by atoms with E-state index in [2.05, 4.69) is 35.9 Å². The topological polar surface area (TPSA) is 180 Å². The van der Waals surface area contributed by atoms with Crippen molar-refractivity contribution >= 4 is 25.1 Å². The van der Waals surface area contributed by atoms with Crippen molar-refractivity contribution in [1.29, 1.82) is 0 Å². The Balaban J connectivity index is 1.17. The minimum atomic E-state index is -4.37. The molecular weight excluding hydrogens is 601 g/mol. The molecule has 2 aliphatic carbocycles. The van der Waals surface area contributed by atoms with Gasteiger partial charge in [-0.25, -0.2) is 14.1 Å². The quantitative estimate of drug-likeness (QED) is 0.195. The van der Waals surface area contributed by atoms with Crippen molar-refractivity contribution in [1.82, 2.24) is 19.7 Å². The number of nitrogens with zero attached hydrogens (tertiary/aromatic N) is 3. The van der Waals surface area contributed by atoms with Crippen molar-refractivity contribution in [3.8, 4) is 5.75 Å². The largest absolute Gasteiger partial charge is 0.461 e. The van der Waals surface area contributed by atoms with Gasteiger partial charge in [-0.3, -0.25) is 9.32 Å². The summed E-state index contributed by atoms with van der Waals surface area (Å²) in [5, 5.41) is 29.9. The Bertz CT molecular complexity index is 1610. The maximum absolute atomic E-state index is 14.3. The summed E-state index contributed by atoms with van der Waals surface area (Å²) in [5.74, 6) is 0.429. The predicted octanol–water partition coefficient (Wildman–Crippen LogP) is 3.95. The average molecular weight is 644 g/mol. The van der Waals surface area contributed by atoms with Gasteiger partial charge in [0.05, 0.1) is 5.69 Å². The Hall–Kier alpha value is -3.06. The first kappa shape index (κ1) is 31.9. The molecule has 3 aromatic rings. The molecule has 0 amide bonds. The van der Waals surface area contributed by atoms with Crippen molar-refractivity contribution in [2.45, 2.75) is 102 Å². The second-order valence-electron chi connectivity index (χ2n) is 13.6. The van der Waals surface area contributed by atoms with E-state index in [1.807, 2.05) is 0 Å². The lowest BCUT2D eigenvalue weighted by molar-refractivity contribution is -0.153. The van der Waals surface area contributed by atoms with E-state index >= 15 is 0 Å². The molecular formula is C31H42N5O8P. The lowest BCUT2D eigenvalue weighted by Crippen LogP contribution is -2.40. The monoisotopic (exact) mass is 643 g/mol. The lowest BCUT2D eigenvalue weighted by Gasteiger charge is -2.37. The van der Waals surface area contributed by atoms with Gasteiger partial charge in [0.1, 0.15) is 53.7 Å². The number of carbonyl (C=O) groups is 1. The molecule has 0 radical (unpaired) electrons. The van der Waals surface area contributed by atoms with Crippen LogP contribution in [-0.2, 0) is 23.4 Å². The molecule has 0 spiro atoms. The molecule has 2 aromatic heterocycles. The van der Waals surface area contributed by atoms with Gasteiger partial charge >= 0.3 is 13.7 Å². The zero-order valence-corrected chi connectivity index (χ0v) is 27.0. The Morgan fingerprint density at radius 2 is 1.87 bits per heavy atom. The van der Waals surface area contributed by atoms with Crippen molar-refractivity contribution in [3.63, 3.8) is 0 Å². The van der Waals surface area contributed by atoms with Crippen LogP contribution in [-0.4, -0.2) is 66.3 Å². The van der Waals surface area contributed by atoms with Gasteiger partial charge in [0.25, 0.3) is 0 Å². The lowest BCUT2D eigenvalue weighted by atomic mass is 9.72. The molecule has 13 nitrogen and oxygen atoms in total. The summed E-state index contributed by atoms with van der Waals surface area (Å²) in [7, 11) is -4.37. The Labute approximate surface area is 262 Å². The van der Waals surface area contributed by atoms with Crippen LogP contribution in [0.4, 0.5) is 5.82 Å². The molecule has 244 valence electrons. The van der Waals surface area contributed by atoms with Crippen molar-refractivity contribution < 1.29 is 38.1 Å². The molecule has 3 heterocycles. The normalized spacial score (nSPS) is 33.3. The number of nitrogens with one attached hydrogen (secondary N) is 1. The summed E-state index contributed by atoms with van der Waals surface area (Å²) < 4.78 is 39.5. The van der Waals surface area contributed by atoms with Gasteiger partial charge in [-0.05, 0) is 75.1 Å². The summed E-state index contributed by atoms with van der Waals surface area (Å²) in [6.07, 6.45) is 0.737. The van der Waals surface area contributed by atoms with Gasteiger partial charge in [0.2, 0.25) is 0 Å². The fourth-order valence-electron chi connectivity index (χ4n) is 6.76. The first-order valence-electron chi connectivity index (χ1n) is 15.3. The van der Waals surface area contributed by atoms with Gasteiger partial charge in [0.15, 0.2) is 11.4 Å². The van der Waals surface area contributed by atoms with Crippen LogP contribution in [0.15, 0.2) is 48.8 Å². The number of fused-ring (bicyclic) bond motifs is 2. The molecule has 14 heteroatoms. The van der Waals surface area contributed by atoms with Gasteiger partial charge in [-0.2, -0.15) is 10.2 Å². The van der Waals surface area contributed by atoms with Crippen molar-refractivity contribution in [2.24, 2.45) is 11.3 Å². The molecule has 0 bridgehead atoms. The van der Waals surface area contributed by atoms with Crippen LogP contribution in [0.3, 0.4) is 0 Å². The zero-order chi connectivity index (χ0) is 32.4. The first-order valence-corrected chi connectivity index (χ1v) is 16.9. The Kier molecular flexibility index (Phi) is 8.03. The molecule has 5 N–H and O–H groups in total. The van der Waals surface area contributed by atoms with Gasteiger partial charge in [-0.1, -0.05) is 39.0 Å². The van der Waals surface area contributed by atoms with Crippen LogP contribution in [0.2, 0.25) is 0 Å². The summed E-state index contributed by atoms with van der Waals surface area (Å²) >= 11 is 0. The number of hydrogen-bond donors (Lipinski definition) is 4. The number of aliphatic hydroxyl groups is 2. The van der Waals surface area contributed by atoms with E-state index in [1.54, 1.807) is 49.4 Å². The Morgan fingerprint density at radius 3 is 2.49 bits per heavy atom. The maximum atomic E-state index is 14.3. The number of anilines is 1. The number of aromatic nitrogens is 3. The summed E-state index contributed by atoms with van der Waals surface area (Å²) in [6.45, 7) is 9.75. The van der Waals surface area contributed by atoms with Crippen LogP contribution in [0.1, 0.15) is 72.1 Å². The predicted molar refractivity (Wildman–Crippen MR) is 164 cm³/mol. The number of para-hydroxylation sites is 1. The maximum Gasteiger partial charge on any atom is 0.459 e. The minimum Gasteiger partial charge on any atom is -0.461 e. The van der Waals surface area contributed by atoms with E-state index in [9.17, 15) is 19.6 Å². The fourth-order valence-corrected chi connectivity index (χ4v) is 8.53. The average Bonchev–Trinajstić information content (AvgIpc) is 3.25. The van der Waals surface area contributed by atoms with E-state index in [4.69, 9.17) is 24.3 Å². The second kappa shape index (κ2) is 11.3. The third kappa shape index (κ3) is 5.64. The number of hydrogen-bond acceptors (Lipinski definition) is 11. The smallest absolute Gasteiger partial charge is 0.459 e. The molecule has 1 aromatic carbocycles. The van der Waals surface area contributed by atoms with Crippen LogP contribution in [0.25, 0.3) is 5.52 Å². The van der Waals surface area contributed by atoms with Crippen LogP contribution >= 0.6 is 7.75 Å². The van der Waals surface area contributed by atoms with E-state index < -0.39 is 49.3 Å². The van der Waals surface area contributed by atoms with E-state index in [0.29, 0.717) is 17.1 Å². The first-order chi connectivity index (χ1) is 21.2. The van der Waals surface area contributed by atoms with Gasteiger partial charge < -0.3 is 29.9 Å². The summed E-state index contributed by atoms with van der Waals surface area (Å²) in [5.41, 5.74) is 3.69. The minimum absolute atomic E-state index is 0.194. The third-order valence-corrected chi connectivity index (χ3v) is 11.3. The molecule has 45 heavy (non-hydrogen) atoms. The van der Waals surface area contributed by atoms with Gasteiger partial charge in [0, 0.05) is 0 Å². The highest BCUT2D eigenvalue weighted by Crippen LogP contribution is 2.68. The molecule has 1 unspecified atom stereocenters. The Morgan fingerprint density at radius 1 is 1.18 bits per heavy atom. The molecule has 2 saturated carbocycles. The number of nitrogens with two attached hydrogens (primary N) is 1. The highest BCUT2D eigenvalue weighted by molar-refractivity contribution is 7.52. The molecule has 1 aliphatic heterocycles. The fraction of sp³-hybridized carbons (Fsp3) is 0.581. The molecule has 3 fully saturated rings. The molecule has 7 atom stereocenters. The van der Waals surface area contributed by atoms with Crippen molar-refractivity contribution in [2.75, 3.05) is 5.73 Å². The number of esters is 1. The van der Waals surface area contributed by atoms with E-state index in [0.717, 1.165) is 25.7 Å².